The van der Waals surface area contributed by atoms with Gasteiger partial charge in [-0.1, -0.05) is 0 Å². The van der Waals surface area contributed by atoms with Crippen molar-refractivity contribution in [3.8, 4) is 0 Å². The Bertz CT molecular complexity index is 389. The Morgan fingerprint density at radius 3 is 1.64 bits per heavy atom. The molecule has 0 aliphatic carbocycles. The fraction of sp³-hybridized carbons (Fsp3) is 0.250. The molecule has 76 valence electrons. The van der Waals surface area contributed by atoms with E-state index in [0.717, 1.165) is 21.8 Å². The molecule has 1 rings (SSSR count). The first-order valence-electron chi connectivity index (χ1n) is 3.66. The highest BCUT2D eigenvalue weighted by Gasteiger charge is 2.23. The molecule has 0 unspecified atom stereocenters. The van der Waals surface area contributed by atoms with E-state index in [1.807, 2.05) is 59.0 Å². The molecule has 0 radical (unpaired) electrons. The number of hydrogen-bond donors (Lipinski definition) is 0. The average Bonchev–Trinajstić information content (AvgIpc) is 2.11. The van der Waals surface area contributed by atoms with Crippen LogP contribution in [-0.4, -0.2) is 4.92 Å². The largest absolute Gasteiger partial charge is 0.296 e. The molecule has 0 amide bonds. The molecule has 1 aromatic carbocycles. The number of hydrogen-bond acceptors (Lipinski definition) is 2. The maximum Gasteiger partial charge on any atom is 0.296 e. The second kappa shape index (κ2) is 4.76. The molecule has 0 saturated heterocycles. The molecular formula is C8H6I3NO2. The van der Waals surface area contributed by atoms with Crippen molar-refractivity contribution in [1.29, 1.82) is 0 Å². The van der Waals surface area contributed by atoms with Crippen LogP contribution < -0.4 is 0 Å². The highest BCUT2D eigenvalue weighted by molar-refractivity contribution is 14.1. The van der Waals surface area contributed by atoms with E-state index < -0.39 is 0 Å². The van der Waals surface area contributed by atoms with Crippen LogP contribution in [0.2, 0.25) is 0 Å². The predicted octanol–water partition coefficient (Wildman–Crippen LogP) is 4.03. The van der Waals surface area contributed by atoms with Gasteiger partial charge in [-0.2, -0.15) is 0 Å². The van der Waals surface area contributed by atoms with Gasteiger partial charge in [0.1, 0.15) is 0 Å². The van der Waals surface area contributed by atoms with Crippen molar-refractivity contribution in [3.63, 3.8) is 0 Å². The lowest BCUT2D eigenvalue weighted by molar-refractivity contribution is -0.386. The quantitative estimate of drug-likeness (QED) is 0.314. The first kappa shape index (κ1) is 12.9. The van der Waals surface area contributed by atoms with E-state index in [2.05, 4.69) is 22.6 Å². The highest BCUT2D eigenvalue weighted by Crippen LogP contribution is 2.35. The Balaban J connectivity index is 3.68. The normalized spacial score (nSPS) is 10.4. The van der Waals surface area contributed by atoms with Crippen molar-refractivity contribution in [2.45, 2.75) is 13.8 Å². The molecule has 0 saturated carbocycles. The zero-order valence-corrected chi connectivity index (χ0v) is 13.9. The highest BCUT2D eigenvalue weighted by atomic mass is 127. The Labute approximate surface area is 123 Å². The summed E-state index contributed by atoms with van der Waals surface area (Å²) < 4.78 is 2.60. The van der Waals surface area contributed by atoms with Crippen LogP contribution in [-0.2, 0) is 0 Å². The van der Waals surface area contributed by atoms with Crippen molar-refractivity contribution in [1.82, 2.24) is 0 Å². The summed E-state index contributed by atoms with van der Waals surface area (Å²) in [5.74, 6) is 0. The zero-order chi connectivity index (χ0) is 11.0. The number of rotatable bonds is 1. The van der Waals surface area contributed by atoms with E-state index in [9.17, 15) is 10.1 Å². The number of benzene rings is 1. The fourth-order valence-corrected chi connectivity index (χ4v) is 4.65. The lowest BCUT2D eigenvalue weighted by Crippen LogP contribution is -2.02. The van der Waals surface area contributed by atoms with Gasteiger partial charge < -0.3 is 0 Å². The maximum atomic E-state index is 10.9. The minimum atomic E-state index is -0.306. The van der Waals surface area contributed by atoms with Crippen LogP contribution in [0.4, 0.5) is 5.69 Å². The predicted molar refractivity (Wildman–Crippen MR) is 80.7 cm³/mol. The topological polar surface area (TPSA) is 43.1 Å². The minimum Gasteiger partial charge on any atom is -0.258 e. The molecule has 1 aromatic rings. The molecule has 0 fully saturated rings. The third-order valence-corrected chi connectivity index (χ3v) is 6.17. The van der Waals surface area contributed by atoms with Crippen LogP contribution in [0.15, 0.2) is 0 Å². The van der Waals surface area contributed by atoms with E-state index in [0.29, 0.717) is 0 Å². The molecular weight excluding hydrogens is 523 g/mol. The van der Waals surface area contributed by atoms with Gasteiger partial charge in [0.2, 0.25) is 0 Å². The first-order chi connectivity index (χ1) is 6.37. The van der Waals surface area contributed by atoms with E-state index in [1.165, 1.54) is 0 Å². The molecule has 0 aliphatic rings. The molecule has 6 heteroatoms. The number of nitro benzene ring substituents is 1. The van der Waals surface area contributed by atoms with E-state index in [1.54, 1.807) is 0 Å². The fourth-order valence-electron chi connectivity index (χ4n) is 1.09. The molecule has 0 aromatic heterocycles. The zero-order valence-electron chi connectivity index (χ0n) is 7.40. The second-order valence-electron chi connectivity index (χ2n) is 2.80. The van der Waals surface area contributed by atoms with Crippen molar-refractivity contribution < 1.29 is 4.92 Å². The smallest absolute Gasteiger partial charge is 0.258 e. The molecule has 3 nitrogen and oxygen atoms in total. The van der Waals surface area contributed by atoms with Gasteiger partial charge in [0.25, 0.3) is 5.69 Å². The van der Waals surface area contributed by atoms with E-state index >= 15 is 0 Å². The summed E-state index contributed by atoms with van der Waals surface area (Å²) in [7, 11) is 0. The standard InChI is InChI=1S/C8H6I3NO2/c1-3-5(9)4(2)7(11)8(6(3)10)12(13)14/h1-2H3. The van der Waals surface area contributed by atoms with E-state index in [4.69, 9.17) is 0 Å². The number of nitro groups is 1. The SMILES string of the molecule is Cc1c(I)c(C)c(I)c([N+](=O)[O-])c1I. The van der Waals surface area contributed by atoms with Crippen LogP contribution in [0, 0.1) is 34.7 Å². The molecule has 14 heavy (non-hydrogen) atoms. The number of nitrogens with zero attached hydrogens (tertiary/aromatic N) is 1. The summed E-state index contributed by atoms with van der Waals surface area (Å²) >= 11 is 6.30. The van der Waals surface area contributed by atoms with Gasteiger partial charge in [-0.3, -0.25) is 10.1 Å². The van der Waals surface area contributed by atoms with Gasteiger partial charge in [0.15, 0.2) is 0 Å². The maximum absolute atomic E-state index is 10.9. The Hall–Kier alpha value is 0.810. The van der Waals surface area contributed by atoms with Crippen LogP contribution in [0.25, 0.3) is 0 Å². The van der Waals surface area contributed by atoms with Crippen molar-refractivity contribution in [3.05, 3.63) is 32.0 Å². The molecule has 0 aliphatic heterocycles. The summed E-state index contributed by atoms with van der Waals surface area (Å²) in [6.07, 6.45) is 0. The van der Waals surface area contributed by atoms with Crippen LogP contribution >= 0.6 is 67.8 Å². The lowest BCUT2D eigenvalue weighted by Gasteiger charge is -2.09. The summed E-state index contributed by atoms with van der Waals surface area (Å²) in [5, 5.41) is 10.9. The van der Waals surface area contributed by atoms with Gasteiger partial charge >= 0.3 is 0 Å². The van der Waals surface area contributed by atoms with Gasteiger partial charge in [0.05, 0.1) is 12.1 Å². The Morgan fingerprint density at radius 2 is 1.36 bits per heavy atom. The van der Waals surface area contributed by atoms with Crippen LogP contribution in [0.5, 0.6) is 0 Å². The summed E-state index contributed by atoms with van der Waals surface area (Å²) in [5.41, 5.74) is 2.23. The van der Waals surface area contributed by atoms with Crippen LogP contribution in [0.3, 0.4) is 0 Å². The van der Waals surface area contributed by atoms with Gasteiger partial charge in [-0.15, -0.1) is 0 Å². The average molecular weight is 529 g/mol. The summed E-state index contributed by atoms with van der Waals surface area (Å²) in [4.78, 5) is 10.5. The van der Waals surface area contributed by atoms with Crippen LogP contribution in [0.1, 0.15) is 11.1 Å². The molecule has 0 spiro atoms. The first-order valence-corrected chi connectivity index (χ1v) is 6.89. The number of halogens is 3. The van der Waals surface area contributed by atoms with Crippen molar-refractivity contribution >= 4 is 73.5 Å². The molecule has 0 N–H and O–H groups in total. The molecule has 0 bridgehead atoms. The summed E-state index contributed by atoms with van der Waals surface area (Å²) in [6, 6.07) is 0. The molecule has 0 atom stereocenters. The lowest BCUT2D eigenvalue weighted by atomic mass is 10.1. The third-order valence-electron chi connectivity index (χ3n) is 1.92. The minimum absolute atomic E-state index is 0.238. The van der Waals surface area contributed by atoms with E-state index in [-0.39, 0.29) is 10.6 Å². The van der Waals surface area contributed by atoms with Gasteiger partial charge in [0, 0.05) is 3.57 Å². The summed E-state index contributed by atoms with van der Waals surface area (Å²) in [6.45, 7) is 3.83. The van der Waals surface area contributed by atoms with Gasteiger partial charge in [-0.25, -0.2) is 0 Å². The van der Waals surface area contributed by atoms with Gasteiger partial charge in [-0.05, 0) is 92.7 Å². The monoisotopic (exact) mass is 529 g/mol. The van der Waals surface area contributed by atoms with Crippen molar-refractivity contribution in [2.75, 3.05) is 0 Å². The Kier molecular flexibility index (Phi) is 4.38. The third kappa shape index (κ3) is 2.15. The second-order valence-corrected chi connectivity index (χ2v) is 6.03. The van der Waals surface area contributed by atoms with Crippen molar-refractivity contribution in [2.24, 2.45) is 0 Å². The Morgan fingerprint density at radius 1 is 1.00 bits per heavy atom. The molecule has 0 heterocycles.